The van der Waals surface area contributed by atoms with E-state index < -0.39 is 15.1 Å². The number of ether oxygens (including phenoxy) is 1. The Morgan fingerprint density at radius 2 is 2.00 bits per heavy atom. The van der Waals surface area contributed by atoms with Gasteiger partial charge in [0, 0.05) is 46.0 Å². The highest BCUT2D eigenvalue weighted by Gasteiger charge is 2.27. The summed E-state index contributed by atoms with van der Waals surface area (Å²) < 4.78 is 44.9. The smallest absolute Gasteiger partial charge is 0.333 e. The van der Waals surface area contributed by atoms with E-state index in [1.165, 1.54) is 12.3 Å². The van der Waals surface area contributed by atoms with E-state index >= 15 is 0 Å². The maximum atomic E-state index is 13.9. The van der Waals surface area contributed by atoms with Crippen molar-refractivity contribution in [2.75, 3.05) is 6.61 Å². The van der Waals surface area contributed by atoms with Crippen molar-refractivity contribution in [3.63, 3.8) is 0 Å². The highest BCUT2D eigenvalue weighted by atomic mass is 32.3. The van der Waals surface area contributed by atoms with Crippen LogP contribution in [0.1, 0.15) is 37.8 Å². The number of H-pyrrole nitrogens is 1. The molecule has 0 aliphatic heterocycles. The molecule has 0 amide bonds. The SMILES string of the molecule is C#Cc1ccc2c(c1)[nH]c1c2c(=O)c2cc(OCC)c(-c3cncc(S(=O)(=O)F)c3)cc2n1C1CCC1. The molecule has 0 bridgehead atoms. The van der Waals surface area contributed by atoms with Crippen LogP contribution < -0.4 is 10.2 Å². The maximum Gasteiger partial charge on any atom is 0.333 e. The standard InChI is InChI=1S/C28H22FN3O4S/c1-3-16-8-9-20-23(10-16)31-28-26(20)27(33)22-13-25(36-4-2)21(12-24(22)32(28)18-6-5-7-18)17-11-19(15-30-14-17)37(29,34)35/h1,8-15,18,31H,4-7H2,2H3. The fourth-order valence-corrected chi connectivity index (χ4v) is 5.57. The zero-order valence-corrected chi connectivity index (χ0v) is 20.7. The number of nitrogens with one attached hydrogen (secondary N) is 1. The molecule has 186 valence electrons. The second-order valence-corrected chi connectivity index (χ2v) is 10.5. The molecular formula is C28H22FN3O4S. The molecule has 0 saturated heterocycles. The summed E-state index contributed by atoms with van der Waals surface area (Å²) in [5.74, 6) is 3.02. The molecule has 0 radical (unpaired) electrons. The van der Waals surface area contributed by atoms with E-state index in [1.807, 2.05) is 31.2 Å². The monoisotopic (exact) mass is 515 g/mol. The van der Waals surface area contributed by atoms with E-state index in [0.29, 0.717) is 51.0 Å². The molecule has 2 aromatic carbocycles. The third-order valence-corrected chi connectivity index (χ3v) is 7.85. The minimum atomic E-state index is -4.95. The topological polar surface area (TPSA) is 94.1 Å². The highest BCUT2D eigenvalue weighted by molar-refractivity contribution is 7.86. The lowest BCUT2D eigenvalue weighted by Crippen LogP contribution is -2.21. The van der Waals surface area contributed by atoms with E-state index in [4.69, 9.17) is 11.2 Å². The van der Waals surface area contributed by atoms with E-state index in [1.54, 1.807) is 6.07 Å². The van der Waals surface area contributed by atoms with Crippen LogP contribution in [0.15, 0.2) is 58.5 Å². The normalized spacial score (nSPS) is 14.2. The first-order chi connectivity index (χ1) is 17.8. The predicted octanol–water partition coefficient (Wildman–Crippen LogP) is 5.46. The van der Waals surface area contributed by atoms with Crippen molar-refractivity contribution in [2.24, 2.45) is 0 Å². The molecule has 6 rings (SSSR count). The van der Waals surface area contributed by atoms with Gasteiger partial charge < -0.3 is 14.3 Å². The summed E-state index contributed by atoms with van der Waals surface area (Å²) in [7, 11) is -4.95. The molecule has 3 heterocycles. The number of terminal acetylenes is 1. The lowest BCUT2D eigenvalue weighted by Gasteiger charge is -2.31. The van der Waals surface area contributed by atoms with Gasteiger partial charge in [0.15, 0.2) is 5.43 Å². The van der Waals surface area contributed by atoms with Crippen molar-refractivity contribution in [2.45, 2.75) is 37.1 Å². The number of rotatable bonds is 5. The number of pyridine rings is 2. The molecule has 9 heteroatoms. The summed E-state index contributed by atoms with van der Waals surface area (Å²) in [6.45, 7) is 2.13. The first-order valence-corrected chi connectivity index (χ1v) is 13.4. The van der Waals surface area contributed by atoms with E-state index in [9.17, 15) is 17.1 Å². The molecule has 7 nitrogen and oxygen atoms in total. The van der Waals surface area contributed by atoms with Crippen LogP contribution in [0.25, 0.3) is 44.0 Å². The van der Waals surface area contributed by atoms with Gasteiger partial charge in [-0.05, 0) is 56.5 Å². The molecule has 1 saturated carbocycles. The van der Waals surface area contributed by atoms with Crippen LogP contribution in [0.3, 0.4) is 0 Å². The van der Waals surface area contributed by atoms with Gasteiger partial charge in [0.25, 0.3) is 0 Å². The van der Waals surface area contributed by atoms with Crippen molar-refractivity contribution >= 4 is 43.1 Å². The van der Waals surface area contributed by atoms with E-state index in [0.717, 1.165) is 36.4 Å². The third-order valence-electron chi connectivity index (χ3n) is 7.06. The number of halogens is 1. The Balaban J connectivity index is 1.74. The average Bonchev–Trinajstić information content (AvgIpc) is 3.23. The van der Waals surface area contributed by atoms with E-state index in [-0.39, 0.29) is 11.5 Å². The molecule has 1 fully saturated rings. The number of aromatic nitrogens is 3. The second kappa shape index (κ2) is 8.46. The van der Waals surface area contributed by atoms with Gasteiger partial charge in [-0.2, -0.15) is 8.42 Å². The average molecular weight is 516 g/mol. The van der Waals surface area contributed by atoms with Gasteiger partial charge in [0.1, 0.15) is 16.3 Å². The summed E-state index contributed by atoms with van der Waals surface area (Å²) in [5.41, 5.74) is 3.61. The largest absolute Gasteiger partial charge is 0.493 e. The maximum absolute atomic E-state index is 13.9. The van der Waals surface area contributed by atoms with Crippen LogP contribution in [0, 0.1) is 12.3 Å². The van der Waals surface area contributed by atoms with Crippen molar-refractivity contribution in [1.82, 2.24) is 14.5 Å². The summed E-state index contributed by atoms with van der Waals surface area (Å²) in [6.07, 6.45) is 11.0. The Morgan fingerprint density at radius 3 is 2.68 bits per heavy atom. The molecule has 0 atom stereocenters. The van der Waals surface area contributed by atoms with Crippen molar-refractivity contribution in [3.05, 3.63) is 64.6 Å². The molecule has 0 unspecified atom stereocenters. The zero-order valence-electron chi connectivity index (χ0n) is 19.9. The Bertz CT molecular complexity index is 1950. The fraction of sp³-hybridized carbons (Fsp3) is 0.214. The summed E-state index contributed by atoms with van der Waals surface area (Å²) in [4.78, 5) is 20.7. The van der Waals surface area contributed by atoms with Crippen LogP contribution in [0.5, 0.6) is 5.75 Å². The number of fused-ring (bicyclic) bond motifs is 4. The van der Waals surface area contributed by atoms with Crippen molar-refractivity contribution < 1.29 is 17.0 Å². The lowest BCUT2D eigenvalue weighted by atomic mass is 9.91. The van der Waals surface area contributed by atoms with Gasteiger partial charge in [0.05, 0.1) is 22.9 Å². The summed E-state index contributed by atoms with van der Waals surface area (Å²) >= 11 is 0. The van der Waals surface area contributed by atoms with Crippen molar-refractivity contribution in [3.8, 4) is 29.2 Å². The molecule has 1 N–H and O–H groups in total. The number of benzene rings is 2. The van der Waals surface area contributed by atoms with Crippen LogP contribution in [-0.4, -0.2) is 29.6 Å². The first-order valence-electron chi connectivity index (χ1n) is 12.0. The van der Waals surface area contributed by atoms with Crippen molar-refractivity contribution in [1.29, 1.82) is 0 Å². The Morgan fingerprint density at radius 1 is 1.19 bits per heavy atom. The minimum Gasteiger partial charge on any atom is -0.493 e. The number of hydrogen-bond donors (Lipinski definition) is 1. The quantitative estimate of drug-likeness (QED) is 0.248. The molecular weight excluding hydrogens is 493 g/mol. The van der Waals surface area contributed by atoms with Gasteiger partial charge in [-0.3, -0.25) is 9.78 Å². The highest BCUT2D eigenvalue weighted by Crippen LogP contribution is 2.41. The first kappa shape index (κ1) is 23.3. The molecule has 37 heavy (non-hydrogen) atoms. The van der Waals surface area contributed by atoms with Gasteiger partial charge in [-0.25, -0.2) is 0 Å². The van der Waals surface area contributed by atoms with Gasteiger partial charge in [-0.15, -0.1) is 10.3 Å². The molecule has 1 aliphatic rings. The van der Waals surface area contributed by atoms with Gasteiger partial charge >= 0.3 is 10.2 Å². The molecule has 1 aliphatic carbocycles. The van der Waals surface area contributed by atoms with Crippen LogP contribution in [0.2, 0.25) is 0 Å². The number of nitrogens with zero attached hydrogens (tertiary/aromatic N) is 2. The van der Waals surface area contributed by atoms with Crippen LogP contribution in [0.4, 0.5) is 3.89 Å². The molecule has 5 aromatic rings. The Labute approximate surface area is 212 Å². The lowest BCUT2D eigenvalue weighted by molar-refractivity contribution is 0.326. The fourth-order valence-electron chi connectivity index (χ4n) is 5.11. The molecule has 3 aromatic heterocycles. The predicted molar refractivity (Wildman–Crippen MR) is 141 cm³/mol. The van der Waals surface area contributed by atoms with Crippen LogP contribution in [-0.2, 0) is 10.2 Å². The minimum absolute atomic E-state index is 0.147. The van der Waals surface area contributed by atoms with Gasteiger partial charge in [0.2, 0.25) is 0 Å². The molecule has 0 spiro atoms. The van der Waals surface area contributed by atoms with E-state index in [2.05, 4.69) is 20.5 Å². The number of hydrogen-bond acceptors (Lipinski definition) is 5. The summed E-state index contributed by atoms with van der Waals surface area (Å²) in [5, 5.41) is 1.86. The zero-order chi connectivity index (χ0) is 25.9. The van der Waals surface area contributed by atoms with Gasteiger partial charge in [-0.1, -0.05) is 12.0 Å². The van der Waals surface area contributed by atoms with Crippen LogP contribution >= 0.6 is 0 Å². The Kier molecular flexibility index (Phi) is 5.31. The second-order valence-electron chi connectivity index (χ2n) is 9.18. The number of aromatic amines is 1. The Hall–Kier alpha value is -4.16. The summed E-state index contributed by atoms with van der Waals surface area (Å²) in [6, 6.07) is 10.4. The third kappa shape index (κ3) is 3.67.